The second-order valence-electron chi connectivity index (χ2n) is 5.44. The van der Waals surface area contributed by atoms with E-state index in [0.29, 0.717) is 0 Å². The number of rotatable bonds is 2. The van der Waals surface area contributed by atoms with E-state index in [0.717, 1.165) is 56.3 Å². The Kier molecular flexibility index (Phi) is 4.13. The van der Waals surface area contributed by atoms with Crippen molar-refractivity contribution >= 4 is 23.2 Å². The van der Waals surface area contributed by atoms with Crippen LogP contribution < -0.4 is 10.2 Å². The Morgan fingerprint density at radius 2 is 2.05 bits per heavy atom. The third-order valence-corrected chi connectivity index (χ3v) is 4.36. The van der Waals surface area contributed by atoms with Crippen LogP contribution in [0.15, 0.2) is 24.3 Å². The molecule has 0 saturated carbocycles. The number of benzene rings is 1. The molecule has 0 radical (unpaired) electrons. The Balaban J connectivity index is 1.58. The second-order valence-corrected chi connectivity index (χ2v) is 5.88. The predicted molar refractivity (Wildman–Crippen MR) is 81.3 cm³/mol. The van der Waals surface area contributed by atoms with Crippen LogP contribution in [0.1, 0.15) is 12.8 Å². The van der Waals surface area contributed by atoms with E-state index < -0.39 is 0 Å². The highest BCUT2D eigenvalue weighted by Gasteiger charge is 2.29. The van der Waals surface area contributed by atoms with Gasteiger partial charge < -0.3 is 15.1 Å². The van der Waals surface area contributed by atoms with Gasteiger partial charge in [0.2, 0.25) is 5.91 Å². The summed E-state index contributed by atoms with van der Waals surface area (Å²) in [6.07, 6.45) is 2.09. The van der Waals surface area contributed by atoms with E-state index >= 15 is 0 Å². The van der Waals surface area contributed by atoms with Crippen LogP contribution in [0, 0.1) is 0 Å². The summed E-state index contributed by atoms with van der Waals surface area (Å²) in [5, 5.41) is 4.04. The van der Waals surface area contributed by atoms with Crippen LogP contribution in [0.4, 0.5) is 5.69 Å². The van der Waals surface area contributed by atoms with Gasteiger partial charge in [0.15, 0.2) is 0 Å². The fourth-order valence-corrected chi connectivity index (χ4v) is 3.16. The summed E-state index contributed by atoms with van der Waals surface area (Å²) in [5.74, 6) is 0.272. The first kappa shape index (κ1) is 13.7. The van der Waals surface area contributed by atoms with Crippen LogP contribution in [-0.2, 0) is 4.79 Å². The monoisotopic (exact) mass is 293 g/mol. The van der Waals surface area contributed by atoms with Crippen molar-refractivity contribution in [2.45, 2.75) is 18.9 Å². The average Bonchev–Trinajstić information content (AvgIpc) is 3.01. The maximum atomic E-state index is 12.3. The Hall–Kier alpha value is -1.26. The van der Waals surface area contributed by atoms with Gasteiger partial charge in [-0.1, -0.05) is 17.7 Å². The minimum Gasteiger partial charge on any atom is -0.368 e. The van der Waals surface area contributed by atoms with Gasteiger partial charge in [0.1, 0.15) is 0 Å². The average molecular weight is 294 g/mol. The summed E-state index contributed by atoms with van der Waals surface area (Å²) in [6.45, 7) is 4.31. The van der Waals surface area contributed by atoms with E-state index in [1.165, 1.54) is 0 Å². The van der Waals surface area contributed by atoms with E-state index in [-0.39, 0.29) is 11.9 Å². The highest BCUT2D eigenvalue weighted by Crippen LogP contribution is 2.21. The fraction of sp³-hybridized carbons (Fsp3) is 0.533. The smallest absolute Gasteiger partial charge is 0.239 e. The zero-order chi connectivity index (χ0) is 13.9. The number of carbonyl (C=O) groups is 1. The van der Waals surface area contributed by atoms with Gasteiger partial charge in [-0.3, -0.25) is 4.79 Å². The summed E-state index contributed by atoms with van der Waals surface area (Å²) in [7, 11) is 0. The normalized spacial score (nSPS) is 23.1. The Morgan fingerprint density at radius 3 is 2.70 bits per heavy atom. The molecule has 1 aromatic rings. The van der Waals surface area contributed by atoms with Crippen molar-refractivity contribution in [1.29, 1.82) is 0 Å². The Labute approximate surface area is 124 Å². The molecule has 0 aromatic heterocycles. The molecule has 4 nitrogen and oxygen atoms in total. The molecule has 1 aromatic carbocycles. The number of carbonyl (C=O) groups excluding carboxylic acids is 1. The van der Waals surface area contributed by atoms with Crippen molar-refractivity contribution in [3.05, 3.63) is 29.3 Å². The number of nitrogens with one attached hydrogen (secondary N) is 1. The Morgan fingerprint density at radius 1 is 1.25 bits per heavy atom. The molecule has 5 heteroatoms. The number of piperazine rings is 1. The van der Waals surface area contributed by atoms with Crippen molar-refractivity contribution in [3.63, 3.8) is 0 Å². The van der Waals surface area contributed by atoms with Gasteiger partial charge >= 0.3 is 0 Å². The van der Waals surface area contributed by atoms with Gasteiger partial charge in [-0.25, -0.2) is 0 Å². The van der Waals surface area contributed by atoms with Crippen LogP contribution in [0.25, 0.3) is 0 Å². The molecule has 3 rings (SSSR count). The summed E-state index contributed by atoms with van der Waals surface area (Å²) in [5.41, 5.74) is 1.14. The van der Waals surface area contributed by atoms with E-state index in [1.807, 2.05) is 23.1 Å². The standard InChI is InChI=1S/C15H20ClN3O/c16-12-3-1-4-13(11-12)18-7-9-19(10-8-18)15(20)14-5-2-6-17-14/h1,3-4,11,14,17H,2,5-10H2. The third kappa shape index (κ3) is 2.91. The van der Waals surface area contributed by atoms with Gasteiger partial charge in [0.25, 0.3) is 0 Å². The molecule has 2 aliphatic heterocycles. The number of hydrogen-bond acceptors (Lipinski definition) is 3. The minimum atomic E-state index is 0.0488. The van der Waals surface area contributed by atoms with Crippen LogP contribution in [0.2, 0.25) is 5.02 Å². The van der Waals surface area contributed by atoms with E-state index in [1.54, 1.807) is 0 Å². The molecule has 1 amide bonds. The lowest BCUT2D eigenvalue weighted by Gasteiger charge is -2.37. The van der Waals surface area contributed by atoms with Crippen LogP contribution in [0.3, 0.4) is 0 Å². The van der Waals surface area contributed by atoms with Crippen LogP contribution >= 0.6 is 11.6 Å². The van der Waals surface area contributed by atoms with Gasteiger partial charge in [-0.15, -0.1) is 0 Å². The molecule has 2 aliphatic rings. The molecule has 20 heavy (non-hydrogen) atoms. The van der Waals surface area contributed by atoms with Crippen LogP contribution in [0.5, 0.6) is 0 Å². The van der Waals surface area contributed by atoms with Gasteiger partial charge in [0, 0.05) is 36.9 Å². The quantitative estimate of drug-likeness (QED) is 0.902. The van der Waals surface area contributed by atoms with Crippen molar-refractivity contribution in [2.24, 2.45) is 0 Å². The maximum Gasteiger partial charge on any atom is 0.239 e. The molecular formula is C15H20ClN3O. The summed E-state index contributed by atoms with van der Waals surface area (Å²) in [6, 6.07) is 7.96. The molecule has 2 saturated heterocycles. The molecule has 1 N–H and O–H groups in total. The molecule has 0 bridgehead atoms. The summed E-state index contributed by atoms with van der Waals surface area (Å²) >= 11 is 6.03. The molecular weight excluding hydrogens is 274 g/mol. The predicted octanol–water partition coefficient (Wildman–Crippen LogP) is 1.74. The van der Waals surface area contributed by atoms with Crippen LogP contribution in [-0.4, -0.2) is 49.6 Å². The lowest BCUT2D eigenvalue weighted by Crippen LogP contribution is -2.53. The highest BCUT2D eigenvalue weighted by atomic mass is 35.5. The first-order valence-corrected chi connectivity index (χ1v) is 7.64. The molecule has 108 valence electrons. The Bertz CT molecular complexity index is 480. The minimum absolute atomic E-state index is 0.0488. The van der Waals surface area contributed by atoms with Gasteiger partial charge in [-0.2, -0.15) is 0 Å². The zero-order valence-electron chi connectivity index (χ0n) is 11.5. The first-order valence-electron chi connectivity index (χ1n) is 7.27. The van der Waals surface area contributed by atoms with E-state index in [4.69, 9.17) is 11.6 Å². The molecule has 0 spiro atoms. The molecule has 0 aliphatic carbocycles. The van der Waals surface area contributed by atoms with Gasteiger partial charge in [0.05, 0.1) is 6.04 Å². The second kappa shape index (κ2) is 6.02. The number of hydrogen-bond donors (Lipinski definition) is 1. The van der Waals surface area contributed by atoms with E-state index in [2.05, 4.69) is 16.3 Å². The number of amides is 1. The number of anilines is 1. The lowest BCUT2D eigenvalue weighted by molar-refractivity contribution is -0.133. The SMILES string of the molecule is O=C(C1CCCN1)N1CCN(c2cccc(Cl)c2)CC1. The molecule has 2 heterocycles. The van der Waals surface area contributed by atoms with Crippen molar-refractivity contribution in [3.8, 4) is 0 Å². The summed E-state index contributed by atoms with van der Waals surface area (Å²) in [4.78, 5) is 16.6. The van der Waals surface area contributed by atoms with Crippen molar-refractivity contribution in [2.75, 3.05) is 37.6 Å². The van der Waals surface area contributed by atoms with Gasteiger partial charge in [-0.05, 0) is 37.6 Å². The fourth-order valence-electron chi connectivity index (χ4n) is 2.97. The van der Waals surface area contributed by atoms with Crippen molar-refractivity contribution < 1.29 is 4.79 Å². The first-order chi connectivity index (χ1) is 9.74. The van der Waals surface area contributed by atoms with Crippen molar-refractivity contribution in [1.82, 2.24) is 10.2 Å². The third-order valence-electron chi connectivity index (χ3n) is 4.12. The lowest BCUT2D eigenvalue weighted by atomic mass is 10.1. The molecule has 1 atom stereocenters. The number of nitrogens with zero attached hydrogens (tertiary/aromatic N) is 2. The highest BCUT2D eigenvalue weighted by molar-refractivity contribution is 6.30. The number of halogens is 1. The maximum absolute atomic E-state index is 12.3. The topological polar surface area (TPSA) is 35.6 Å². The zero-order valence-corrected chi connectivity index (χ0v) is 12.3. The largest absolute Gasteiger partial charge is 0.368 e. The van der Waals surface area contributed by atoms with E-state index in [9.17, 15) is 4.79 Å². The summed E-state index contributed by atoms with van der Waals surface area (Å²) < 4.78 is 0. The molecule has 1 unspecified atom stereocenters. The molecule has 2 fully saturated rings.